The molecule has 0 saturated heterocycles. The van der Waals surface area contributed by atoms with Crippen molar-refractivity contribution in [2.24, 2.45) is 14.1 Å². The molecule has 3 aromatic rings. The standard InChI is InChI=1S/C25H24N2O9S2/c1-4-36-25(29)21-13-19(7-5-17-9-11-26(2)15-22(17)37(30,31)32)24(28)20(14-21)8-6-18-10-12-27(3)16-23(18)38(33,34)35/h5-16H,4H2,1-3H3,(H-,30,31,32,33,34,35). The van der Waals surface area contributed by atoms with Crippen molar-refractivity contribution in [1.29, 1.82) is 0 Å². The molecule has 1 aromatic carbocycles. The number of aryl methyl sites for hydroxylation is 2. The third-order valence-electron chi connectivity index (χ3n) is 5.29. The Balaban J connectivity index is 2.16. The van der Waals surface area contributed by atoms with E-state index in [1.807, 2.05) is 0 Å². The Kier molecular flexibility index (Phi) is 8.47. The monoisotopic (exact) mass is 560 g/mol. The van der Waals surface area contributed by atoms with Crippen molar-refractivity contribution in [1.82, 2.24) is 0 Å². The first-order valence-electron chi connectivity index (χ1n) is 11.0. The number of nitrogens with zero attached hydrogens (tertiary/aromatic N) is 2. The molecule has 0 unspecified atom stereocenters. The zero-order valence-electron chi connectivity index (χ0n) is 20.6. The zero-order valence-corrected chi connectivity index (χ0v) is 22.2. The van der Waals surface area contributed by atoms with Crippen molar-refractivity contribution < 1.29 is 49.7 Å². The predicted octanol–water partition coefficient (Wildman–Crippen LogP) is 1.37. The van der Waals surface area contributed by atoms with Gasteiger partial charge < -0.3 is 18.9 Å². The Hall–Kier alpha value is -3.91. The van der Waals surface area contributed by atoms with Gasteiger partial charge in [-0.15, -0.1) is 0 Å². The fourth-order valence-corrected chi connectivity index (χ4v) is 4.92. The van der Waals surface area contributed by atoms with Crippen molar-refractivity contribution >= 4 is 50.5 Å². The molecule has 200 valence electrons. The minimum absolute atomic E-state index is 0.0382. The van der Waals surface area contributed by atoms with Gasteiger partial charge in [0.2, 0.25) is 0 Å². The summed E-state index contributed by atoms with van der Waals surface area (Å²) in [6.45, 7) is 1.69. The van der Waals surface area contributed by atoms with Crippen LogP contribution in [-0.2, 0) is 39.1 Å². The van der Waals surface area contributed by atoms with E-state index >= 15 is 0 Å². The molecule has 3 rings (SSSR count). The molecule has 0 fully saturated rings. The number of hydrogen-bond donors (Lipinski definition) is 1. The molecule has 0 amide bonds. The SMILES string of the molecule is CCOC(=O)c1cc(/C=C/c2cc[n+](C)cc2S(=O)(=O)[O-])c(O)c(/C=C/c2cc[n+](C)cc2S(=O)(=O)[O-])c1. The number of pyridine rings is 2. The maximum absolute atomic E-state index is 12.5. The van der Waals surface area contributed by atoms with Crippen LogP contribution >= 0.6 is 0 Å². The lowest BCUT2D eigenvalue weighted by molar-refractivity contribution is -0.673. The maximum atomic E-state index is 12.5. The summed E-state index contributed by atoms with van der Waals surface area (Å²) in [5.41, 5.74) is 0.302. The van der Waals surface area contributed by atoms with Crippen LogP contribution in [-0.4, -0.2) is 43.6 Å². The second kappa shape index (κ2) is 11.2. The van der Waals surface area contributed by atoms with Crippen LogP contribution in [0.2, 0.25) is 0 Å². The average Bonchev–Trinajstić information content (AvgIpc) is 2.82. The molecule has 0 aliphatic carbocycles. The highest BCUT2D eigenvalue weighted by atomic mass is 32.2. The lowest BCUT2D eigenvalue weighted by atomic mass is 10.0. The lowest BCUT2D eigenvalue weighted by Gasteiger charge is -2.11. The van der Waals surface area contributed by atoms with Crippen molar-refractivity contribution in [2.45, 2.75) is 16.7 Å². The smallest absolute Gasteiger partial charge is 0.338 e. The number of aromatic hydroxyl groups is 1. The third kappa shape index (κ3) is 6.89. The summed E-state index contributed by atoms with van der Waals surface area (Å²) in [4.78, 5) is 11.5. The minimum atomic E-state index is -4.81. The number of rotatable bonds is 8. The van der Waals surface area contributed by atoms with Crippen molar-refractivity contribution in [3.05, 3.63) is 76.9 Å². The Morgan fingerprint density at radius 3 is 1.61 bits per heavy atom. The molecule has 38 heavy (non-hydrogen) atoms. The molecule has 1 N–H and O–H groups in total. The zero-order chi connectivity index (χ0) is 28.3. The highest BCUT2D eigenvalue weighted by molar-refractivity contribution is 7.86. The predicted molar refractivity (Wildman–Crippen MR) is 133 cm³/mol. The normalized spacial score (nSPS) is 12.3. The molecule has 2 aromatic heterocycles. The number of esters is 1. The molecule has 0 bridgehead atoms. The Labute approximate surface area is 220 Å². The summed E-state index contributed by atoms with van der Waals surface area (Å²) in [6.07, 6.45) is 10.6. The Bertz CT molecular complexity index is 1560. The quantitative estimate of drug-likeness (QED) is 0.243. The minimum Gasteiger partial charge on any atom is -0.744 e. The van der Waals surface area contributed by atoms with Gasteiger partial charge in [-0.05, 0) is 19.1 Å². The van der Waals surface area contributed by atoms with Crippen molar-refractivity contribution in [3.8, 4) is 5.75 Å². The fraction of sp³-hybridized carbons (Fsp3) is 0.160. The number of phenolic OH excluding ortho intramolecular Hbond substituents is 1. The molecule has 0 aliphatic heterocycles. The second-order valence-electron chi connectivity index (χ2n) is 8.16. The van der Waals surface area contributed by atoms with Gasteiger partial charge in [0.1, 0.15) is 49.9 Å². The van der Waals surface area contributed by atoms with Gasteiger partial charge in [0.25, 0.3) is 0 Å². The lowest BCUT2D eigenvalue weighted by Crippen LogP contribution is -2.28. The van der Waals surface area contributed by atoms with Gasteiger partial charge in [0.05, 0.1) is 12.2 Å². The van der Waals surface area contributed by atoms with Crippen LogP contribution < -0.4 is 9.13 Å². The van der Waals surface area contributed by atoms with Crippen LogP contribution in [0.5, 0.6) is 5.75 Å². The number of benzene rings is 1. The van der Waals surface area contributed by atoms with Crippen LogP contribution in [0.15, 0.2) is 58.8 Å². The van der Waals surface area contributed by atoms with Gasteiger partial charge in [-0.1, -0.05) is 24.3 Å². The fourth-order valence-electron chi connectivity index (χ4n) is 3.48. The molecule has 0 spiro atoms. The highest BCUT2D eigenvalue weighted by Crippen LogP contribution is 2.30. The number of phenols is 1. The van der Waals surface area contributed by atoms with E-state index in [4.69, 9.17) is 4.74 Å². The van der Waals surface area contributed by atoms with Gasteiger partial charge in [-0.3, -0.25) is 0 Å². The van der Waals surface area contributed by atoms with Crippen LogP contribution in [0.3, 0.4) is 0 Å². The molecule has 2 heterocycles. The van der Waals surface area contributed by atoms with Crippen LogP contribution in [0, 0.1) is 0 Å². The molecule has 0 saturated carbocycles. The van der Waals surface area contributed by atoms with Gasteiger partial charge in [-0.25, -0.2) is 30.8 Å². The first-order valence-corrected chi connectivity index (χ1v) is 13.8. The van der Waals surface area contributed by atoms with Crippen molar-refractivity contribution in [2.75, 3.05) is 6.61 Å². The van der Waals surface area contributed by atoms with E-state index in [1.54, 1.807) is 21.0 Å². The van der Waals surface area contributed by atoms with Crippen LogP contribution in [0.25, 0.3) is 24.3 Å². The van der Waals surface area contributed by atoms with E-state index in [2.05, 4.69) is 0 Å². The third-order valence-corrected chi connectivity index (χ3v) is 7.05. The largest absolute Gasteiger partial charge is 0.744 e. The first-order chi connectivity index (χ1) is 17.7. The topological polar surface area (TPSA) is 169 Å². The van der Waals surface area contributed by atoms with E-state index < -0.39 is 36.0 Å². The summed E-state index contributed by atoms with van der Waals surface area (Å²) >= 11 is 0. The number of hydrogen-bond acceptors (Lipinski definition) is 9. The molecule has 11 nitrogen and oxygen atoms in total. The summed E-state index contributed by atoms with van der Waals surface area (Å²) in [7, 11) is -6.53. The number of carbonyl (C=O) groups excluding carboxylic acids is 1. The van der Waals surface area contributed by atoms with Crippen LogP contribution in [0.4, 0.5) is 0 Å². The summed E-state index contributed by atoms with van der Waals surface area (Å²) in [6, 6.07) is 5.42. The first kappa shape index (κ1) is 28.7. The summed E-state index contributed by atoms with van der Waals surface area (Å²) < 4.78 is 78.0. The highest BCUT2D eigenvalue weighted by Gasteiger charge is 2.16. The van der Waals surface area contributed by atoms with Gasteiger partial charge in [0.15, 0.2) is 24.8 Å². The molecule has 13 heteroatoms. The van der Waals surface area contributed by atoms with E-state index in [-0.39, 0.29) is 40.2 Å². The number of aromatic nitrogens is 2. The number of ether oxygens (including phenoxy) is 1. The van der Waals surface area contributed by atoms with E-state index in [1.165, 1.54) is 70.1 Å². The Morgan fingerprint density at radius 2 is 1.24 bits per heavy atom. The molecular weight excluding hydrogens is 536 g/mol. The summed E-state index contributed by atoms with van der Waals surface area (Å²) in [5.74, 6) is -1.05. The average molecular weight is 561 g/mol. The number of carbonyl (C=O) groups is 1. The maximum Gasteiger partial charge on any atom is 0.338 e. The van der Waals surface area contributed by atoms with Gasteiger partial charge in [-0.2, -0.15) is 0 Å². The van der Waals surface area contributed by atoms with Gasteiger partial charge >= 0.3 is 5.97 Å². The van der Waals surface area contributed by atoms with Crippen molar-refractivity contribution in [3.63, 3.8) is 0 Å². The molecule has 0 radical (unpaired) electrons. The van der Waals surface area contributed by atoms with Gasteiger partial charge in [0, 0.05) is 34.4 Å². The Morgan fingerprint density at radius 1 is 0.842 bits per heavy atom. The van der Waals surface area contributed by atoms with E-state index in [0.29, 0.717) is 0 Å². The summed E-state index contributed by atoms with van der Waals surface area (Å²) in [5, 5.41) is 10.9. The van der Waals surface area contributed by atoms with E-state index in [0.717, 1.165) is 12.4 Å². The second-order valence-corrected chi connectivity index (χ2v) is 10.9. The molecule has 0 atom stereocenters. The molecular formula is C25H24N2O9S2. The van der Waals surface area contributed by atoms with E-state index in [9.17, 15) is 35.8 Å². The molecule has 0 aliphatic rings. The van der Waals surface area contributed by atoms with Crippen LogP contribution in [0.1, 0.15) is 39.5 Å².